The van der Waals surface area contributed by atoms with E-state index >= 15 is 0 Å². The van der Waals surface area contributed by atoms with E-state index in [2.05, 4.69) is 0 Å². The Kier molecular flexibility index (Phi) is 3.99. The molecule has 1 saturated carbocycles. The first-order chi connectivity index (χ1) is 10.5. The third-order valence-corrected chi connectivity index (χ3v) is 5.78. The van der Waals surface area contributed by atoms with Crippen LogP contribution in [0.15, 0.2) is 21.8 Å². The highest BCUT2D eigenvalue weighted by Gasteiger charge is 2.23. The third kappa shape index (κ3) is 2.54. The second-order valence-corrected chi connectivity index (χ2v) is 7.19. The van der Waals surface area contributed by atoms with Crippen LogP contribution in [0.1, 0.15) is 32.1 Å². The molecule has 0 spiro atoms. The first kappa shape index (κ1) is 15.1. The van der Waals surface area contributed by atoms with Crippen molar-refractivity contribution in [3.8, 4) is 0 Å². The molecule has 1 aliphatic rings. The zero-order valence-corrected chi connectivity index (χ0v) is 13.6. The molecule has 2 aromatic rings. The molecule has 6 nitrogen and oxygen atoms in total. The minimum absolute atomic E-state index is 0.101. The van der Waals surface area contributed by atoms with Crippen molar-refractivity contribution < 1.29 is 4.92 Å². The van der Waals surface area contributed by atoms with Gasteiger partial charge in [0.05, 0.1) is 20.9 Å². The molecular weight excluding hydrogens is 302 g/mol. The van der Waals surface area contributed by atoms with Gasteiger partial charge in [-0.1, -0.05) is 19.3 Å². The second kappa shape index (κ2) is 5.79. The number of benzene rings is 1. The minimum Gasteiger partial charge on any atom is -0.295 e. The van der Waals surface area contributed by atoms with Gasteiger partial charge >= 0.3 is 5.69 Å². The predicted molar refractivity (Wildman–Crippen MR) is 87.5 cm³/mol. The van der Waals surface area contributed by atoms with E-state index in [4.69, 9.17) is 0 Å². The fourth-order valence-electron chi connectivity index (χ4n) is 3.11. The van der Waals surface area contributed by atoms with E-state index in [-0.39, 0.29) is 16.3 Å². The highest BCUT2D eigenvalue weighted by Crippen LogP contribution is 2.39. The molecule has 118 valence electrons. The second-order valence-electron chi connectivity index (χ2n) is 5.84. The standard InChI is InChI=1S/C15H19N3O3S/c1-16-11-8-13(18(20)21)14(9-12(11)17(2)15(16)19)22-10-6-4-3-5-7-10/h8-10H,3-7H2,1-2H3. The van der Waals surface area contributed by atoms with Crippen LogP contribution in [0.25, 0.3) is 11.0 Å². The molecular formula is C15H19N3O3S. The largest absolute Gasteiger partial charge is 0.328 e. The third-order valence-electron chi connectivity index (χ3n) is 4.40. The number of nitro groups is 1. The number of aryl methyl sites for hydroxylation is 2. The summed E-state index contributed by atoms with van der Waals surface area (Å²) in [4.78, 5) is 23.8. The van der Waals surface area contributed by atoms with Crippen LogP contribution in [0.2, 0.25) is 0 Å². The zero-order valence-electron chi connectivity index (χ0n) is 12.7. The SMILES string of the molecule is Cn1c(=O)n(C)c2cc([N+](=O)[O-])c(SC3CCCCC3)cc21. The Labute approximate surface area is 132 Å². The van der Waals surface area contributed by atoms with Gasteiger partial charge < -0.3 is 0 Å². The number of nitrogens with zero attached hydrogens (tertiary/aromatic N) is 3. The Hall–Kier alpha value is -1.76. The number of nitro benzene ring substituents is 1. The van der Waals surface area contributed by atoms with E-state index in [1.807, 2.05) is 0 Å². The number of hydrogen-bond donors (Lipinski definition) is 0. The molecule has 0 aliphatic heterocycles. The van der Waals surface area contributed by atoms with Crippen molar-refractivity contribution in [3.05, 3.63) is 32.7 Å². The topological polar surface area (TPSA) is 70.1 Å². The lowest BCUT2D eigenvalue weighted by molar-refractivity contribution is -0.387. The van der Waals surface area contributed by atoms with E-state index in [1.165, 1.54) is 29.9 Å². The fraction of sp³-hybridized carbons (Fsp3) is 0.533. The zero-order chi connectivity index (χ0) is 15.9. The lowest BCUT2D eigenvalue weighted by atomic mass is 10.0. The van der Waals surface area contributed by atoms with Crippen LogP contribution in [0.5, 0.6) is 0 Å². The lowest BCUT2D eigenvalue weighted by Crippen LogP contribution is -2.19. The van der Waals surface area contributed by atoms with E-state index in [1.54, 1.807) is 36.5 Å². The molecule has 0 atom stereocenters. The monoisotopic (exact) mass is 321 g/mol. The molecule has 7 heteroatoms. The van der Waals surface area contributed by atoms with Gasteiger partial charge in [-0.05, 0) is 18.9 Å². The fourth-order valence-corrected chi connectivity index (χ4v) is 4.48. The van der Waals surface area contributed by atoms with Crippen molar-refractivity contribution in [1.29, 1.82) is 0 Å². The maximum absolute atomic E-state index is 12.0. The molecule has 1 heterocycles. The Morgan fingerprint density at radius 1 is 1.14 bits per heavy atom. The van der Waals surface area contributed by atoms with Crippen molar-refractivity contribution in [2.24, 2.45) is 14.1 Å². The molecule has 0 saturated heterocycles. The van der Waals surface area contributed by atoms with Crippen molar-refractivity contribution in [2.75, 3.05) is 0 Å². The molecule has 1 aliphatic carbocycles. The van der Waals surface area contributed by atoms with Crippen LogP contribution in [0.4, 0.5) is 5.69 Å². The first-order valence-electron chi connectivity index (χ1n) is 7.49. The van der Waals surface area contributed by atoms with Crippen LogP contribution in [0, 0.1) is 10.1 Å². The molecule has 0 radical (unpaired) electrons. The quantitative estimate of drug-likeness (QED) is 0.643. The predicted octanol–water partition coefficient (Wildman–Crippen LogP) is 3.21. The Balaban J connectivity index is 2.10. The van der Waals surface area contributed by atoms with Gasteiger partial charge in [-0.25, -0.2) is 4.79 Å². The first-order valence-corrected chi connectivity index (χ1v) is 8.37. The molecule has 1 aromatic heterocycles. The Morgan fingerprint density at radius 2 is 1.73 bits per heavy atom. The summed E-state index contributed by atoms with van der Waals surface area (Å²) in [7, 11) is 3.34. The number of aromatic nitrogens is 2. The van der Waals surface area contributed by atoms with Gasteiger partial charge in [-0.3, -0.25) is 19.2 Å². The Bertz CT molecular complexity index is 787. The summed E-state index contributed by atoms with van der Waals surface area (Å²) >= 11 is 1.59. The Morgan fingerprint density at radius 3 is 2.32 bits per heavy atom. The van der Waals surface area contributed by atoms with Crippen LogP contribution >= 0.6 is 11.8 Å². The van der Waals surface area contributed by atoms with Gasteiger partial charge in [-0.15, -0.1) is 11.8 Å². The molecule has 0 unspecified atom stereocenters. The van der Waals surface area contributed by atoms with Gasteiger partial charge in [0.1, 0.15) is 0 Å². The number of rotatable bonds is 3. The smallest absolute Gasteiger partial charge is 0.295 e. The van der Waals surface area contributed by atoms with Crippen molar-refractivity contribution in [2.45, 2.75) is 42.2 Å². The van der Waals surface area contributed by atoms with Crippen LogP contribution in [-0.4, -0.2) is 19.3 Å². The van der Waals surface area contributed by atoms with E-state index in [9.17, 15) is 14.9 Å². The average Bonchev–Trinajstić information content (AvgIpc) is 2.72. The van der Waals surface area contributed by atoms with Crippen molar-refractivity contribution >= 4 is 28.5 Å². The van der Waals surface area contributed by atoms with E-state index < -0.39 is 0 Å². The van der Waals surface area contributed by atoms with E-state index in [0.717, 1.165) is 18.4 Å². The minimum atomic E-state index is -0.345. The molecule has 1 fully saturated rings. The normalized spacial score (nSPS) is 16.3. The summed E-state index contributed by atoms with van der Waals surface area (Å²) < 4.78 is 3.00. The van der Waals surface area contributed by atoms with Crippen LogP contribution < -0.4 is 5.69 Å². The summed E-state index contributed by atoms with van der Waals surface area (Å²) in [5.41, 5.74) is 1.29. The average molecular weight is 321 g/mol. The van der Waals surface area contributed by atoms with Crippen LogP contribution in [0.3, 0.4) is 0 Å². The van der Waals surface area contributed by atoms with Crippen LogP contribution in [-0.2, 0) is 14.1 Å². The number of thioether (sulfide) groups is 1. The number of imidazole rings is 1. The van der Waals surface area contributed by atoms with Gasteiger partial charge in [-0.2, -0.15) is 0 Å². The van der Waals surface area contributed by atoms with Gasteiger partial charge in [0.15, 0.2) is 0 Å². The molecule has 0 bridgehead atoms. The maximum Gasteiger partial charge on any atom is 0.328 e. The number of fused-ring (bicyclic) bond motifs is 1. The molecule has 0 N–H and O–H groups in total. The van der Waals surface area contributed by atoms with Crippen molar-refractivity contribution in [3.63, 3.8) is 0 Å². The molecule has 3 rings (SSSR count). The lowest BCUT2D eigenvalue weighted by Gasteiger charge is -2.20. The summed E-state index contributed by atoms with van der Waals surface area (Å²) in [6.07, 6.45) is 5.85. The van der Waals surface area contributed by atoms with Gasteiger partial charge in [0.2, 0.25) is 0 Å². The summed E-state index contributed by atoms with van der Waals surface area (Å²) in [5, 5.41) is 11.8. The molecule has 22 heavy (non-hydrogen) atoms. The molecule has 0 amide bonds. The summed E-state index contributed by atoms with van der Waals surface area (Å²) in [6.45, 7) is 0. The van der Waals surface area contributed by atoms with Gasteiger partial charge in [0, 0.05) is 25.4 Å². The van der Waals surface area contributed by atoms with E-state index in [0.29, 0.717) is 15.7 Å². The highest BCUT2D eigenvalue weighted by molar-refractivity contribution is 8.00. The summed E-state index contributed by atoms with van der Waals surface area (Å²) in [6, 6.07) is 3.33. The van der Waals surface area contributed by atoms with Gasteiger partial charge in [0.25, 0.3) is 5.69 Å². The summed E-state index contributed by atoms with van der Waals surface area (Å²) in [5.74, 6) is 0. The maximum atomic E-state index is 12.0. The highest BCUT2D eigenvalue weighted by atomic mass is 32.2. The molecule has 1 aromatic carbocycles. The van der Waals surface area contributed by atoms with Crippen molar-refractivity contribution in [1.82, 2.24) is 9.13 Å². The number of hydrogen-bond acceptors (Lipinski definition) is 4.